The highest BCUT2D eigenvalue weighted by atomic mass is 16.5. The van der Waals surface area contributed by atoms with Crippen molar-refractivity contribution in [1.82, 2.24) is 5.32 Å². The molecule has 2 atom stereocenters. The van der Waals surface area contributed by atoms with Crippen molar-refractivity contribution in [3.05, 3.63) is 35.4 Å². The van der Waals surface area contributed by atoms with Gasteiger partial charge in [-0.2, -0.15) is 0 Å². The number of benzene rings is 1. The predicted octanol–water partition coefficient (Wildman–Crippen LogP) is 1.77. The standard InChI is InChI=1S/C15H19NO5/c1-9-6-5-7-11(8-9)13(16-15(19)21-4)12(10(2)17)14(18)20-3/h5-8,12-13H,1-4H3,(H,16,19). The summed E-state index contributed by atoms with van der Waals surface area (Å²) < 4.78 is 9.23. The summed E-state index contributed by atoms with van der Waals surface area (Å²) in [5, 5.41) is 2.52. The highest BCUT2D eigenvalue weighted by Crippen LogP contribution is 2.25. The van der Waals surface area contributed by atoms with Crippen molar-refractivity contribution in [2.45, 2.75) is 19.9 Å². The number of amides is 1. The van der Waals surface area contributed by atoms with Crippen LogP contribution in [0.4, 0.5) is 4.79 Å². The Balaban J connectivity index is 3.25. The van der Waals surface area contributed by atoms with E-state index in [1.54, 1.807) is 18.2 Å². The Bertz CT molecular complexity index is 541. The summed E-state index contributed by atoms with van der Waals surface area (Å²) in [6.07, 6.45) is -0.725. The molecular weight excluding hydrogens is 274 g/mol. The van der Waals surface area contributed by atoms with Crippen LogP contribution in [-0.4, -0.2) is 32.1 Å². The predicted molar refractivity (Wildman–Crippen MR) is 75.6 cm³/mol. The van der Waals surface area contributed by atoms with Gasteiger partial charge in [-0.3, -0.25) is 9.59 Å². The number of alkyl carbamates (subject to hydrolysis) is 1. The van der Waals surface area contributed by atoms with Crippen LogP contribution in [0.1, 0.15) is 24.1 Å². The number of methoxy groups -OCH3 is 2. The molecule has 1 N–H and O–H groups in total. The number of aryl methyl sites for hydroxylation is 1. The molecule has 1 amide bonds. The molecule has 0 saturated carbocycles. The Morgan fingerprint density at radius 3 is 2.29 bits per heavy atom. The Kier molecular flexibility index (Phi) is 5.90. The Hall–Kier alpha value is -2.37. The highest BCUT2D eigenvalue weighted by Gasteiger charge is 2.35. The fourth-order valence-corrected chi connectivity index (χ4v) is 2.07. The zero-order valence-corrected chi connectivity index (χ0v) is 12.5. The van der Waals surface area contributed by atoms with Crippen LogP contribution in [0, 0.1) is 12.8 Å². The summed E-state index contributed by atoms with van der Waals surface area (Å²) in [6.45, 7) is 3.16. The second-order valence-electron chi connectivity index (χ2n) is 4.64. The second kappa shape index (κ2) is 7.42. The zero-order valence-electron chi connectivity index (χ0n) is 12.5. The second-order valence-corrected chi connectivity index (χ2v) is 4.64. The first-order chi connectivity index (χ1) is 9.90. The van der Waals surface area contributed by atoms with E-state index in [4.69, 9.17) is 0 Å². The van der Waals surface area contributed by atoms with Gasteiger partial charge >= 0.3 is 12.1 Å². The van der Waals surface area contributed by atoms with E-state index in [9.17, 15) is 14.4 Å². The Morgan fingerprint density at radius 1 is 1.14 bits per heavy atom. The molecule has 0 aliphatic carbocycles. The molecule has 0 heterocycles. The van der Waals surface area contributed by atoms with Crippen molar-refractivity contribution >= 4 is 17.8 Å². The van der Waals surface area contributed by atoms with E-state index >= 15 is 0 Å². The molecule has 0 radical (unpaired) electrons. The first-order valence-corrected chi connectivity index (χ1v) is 6.40. The Labute approximate surface area is 123 Å². The van der Waals surface area contributed by atoms with Crippen LogP contribution in [0.25, 0.3) is 0 Å². The molecule has 0 fully saturated rings. The van der Waals surface area contributed by atoms with Crippen LogP contribution in [0.5, 0.6) is 0 Å². The maximum Gasteiger partial charge on any atom is 0.407 e. The van der Waals surface area contributed by atoms with Gasteiger partial charge in [-0.05, 0) is 19.4 Å². The summed E-state index contributed by atoms with van der Waals surface area (Å²) in [5.74, 6) is -2.23. The lowest BCUT2D eigenvalue weighted by atomic mass is 9.89. The van der Waals surface area contributed by atoms with Crippen LogP contribution in [0.3, 0.4) is 0 Å². The van der Waals surface area contributed by atoms with Crippen molar-refractivity contribution in [1.29, 1.82) is 0 Å². The number of carbonyl (C=O) groups is 3. The van der Waals surface area contributed by atoms with Crippen LogP contribution in [0.2, 0.25) is 0 Å². The van der Waals surface area contributed by atoms with Gasteiger partial charge in [0.25, 0.3) is 0 Å². The topological polar surface area (TPSA) is 81.7 Å². The van der Waals surface area contributed by atoms with Gasteiger partial charge in [0.15, 0.2) is 0 Å². The Morgan fingerprint density at radius 2 is 1.81 bits per heavy atom. The van der Waals surface area contributed by atoms with Gasteiger partial charge in [0.1, 0.15) is 11.7 Å². The number of nitrogens with one attached hydrogen (secondary N) is 1. The molecule has 1 aromatic rings. The lowest BCUT2D eigenvalue weighted by molar-refractivity contribution is -0.150. The van der Waals surface area contributed by atoms with Gasteiger partial charge in [-0.25, -0.2) is 4.79 Å². The molecule has 114 valence electrons. The van der Waals surface area contributed by atoms with Gasteiger partial charge in [-0.1, -0.05) is 29.8 Å². The highest BCUT2D eigenvalue weighted by molar-refractivity contribution is 5.99. The fraction of sp³-hybridized carbons (Fsp3) is 0.400. The van der Waals surface area contributed by atoms with Crippen molar-refractivity contribution in [2.75, 3.05) is 14.2 Å². The third kappa shape index (κ3) is 4.30. The van der Waals surface area contributed by atoms with E-state index in [2.05, 4.69) is 14.8 Å². The lowest BCUT2D eigenvalue weighted by Crippen LogP contribution is -2.40. The fourth-order valence-electron chi connectivity index (χ4n) is 2.07. The largest absolute Gasteiger partial charge is 0.468 e. The van der Waals surface area contributed by atoms with Crippen LogP contribution in [-0.2, 0) is 19.1 Å². The van der Waals surface area contributed by atoms with Crippen molar-refractivity contribution in [2.24, 2.45) is 5.92 Å². The van der Waals surface area contributed by atoms with E-state index < -0.39 is 29.8 Å². The molecule has 21 heavy (non-hydrogen) atoms. The number of rotatable bonds is 5. The average molecular weight is 293 g/mol. The van der Waals surface area contributed by atoms with Gasteiger partial charge < -0.3 is 14.8 Å². The number of hydrogen-bond donors (Lipinski definition) is 1. The van der Waals surface area contributed by atoms with E-state index in [1.807, 2.05) is 13.0 Å². The number of ketones is 1. The minimum absolute atomic E-state index is 0.398. The van der Waals surface area contributed by atoms with Crippen molar-refractivity contribution in [3.8, 4) is 0 Å². The van der Waals surface area contributed by atoms with Gasteiger partial charge in [0.05, 0.1) is 20.3 Å². The number of carbonyl (C=O) groups excluding carboxylic acids is 3. The van der Waals surface area contributed by atoms with Crippen molar-refractivity contribution in [3.63, 3.8) is 0 Å². The smallest absolute Gasteiger partial charge is 0.407 e. The zero-order chi connectivity index (χ0) is 16.0. The number of esters is 1. The maximum absolute atomic E-state index is 11.9. The molecule has 0 aliphatic heterocycles. The molecule has 0 aromatic heterocycles. The molecule has 0 spiro atoms. The minimum atomic E-state index is -1.13. The van der Waals surface area contributed by atoms with E-state index in [0.29, 0.717) is 5.56 Å². The summed E-state index contributed by atoms with van der Waals surface area (Å²) in [5.41, 5.74) is 1.57. The van der Waals surface area contributed by atoms with Crippen molar-refractivity contribution < 1.29 is 23.9 Å². The summed E-state index contributed by atoms with van der Waals surface area (Å²) >= 11 is 0. The van der Waals surface area contributed by atoms with Gasteiger partial charge in [0, 0.05) is 0 Å². The summed E-state index contributed by atoms with van der Waals surface area (Å²) in [4.78, 5) is 35.2. The molecule has 1 rings (SSSR count). The average Bonchev–Trinajstić information content (AvgIpc) is 2.45. The minimum Gasteiger partial charge on any atom is -0.468 e. The first-order valence-electron chi connectivity index (χ1n) is 6.40. The van der Waals surface area contributed by atoms with E-state index in [-0.39, 0.29) is 0 Å². The SMILES string of the molecule is COC(=O)NC(c1cccc(C)c1)C(C(C)=O)C(=O)OC. The van der Waals surface area contributed by atoms with E-state index in [1.165, 1.54) is 21.1 Å². The molecule has 1 aromatic carbocycles. The quantitative estimate of drug-likeness (QED) is 0.661. The maximum atomic E-state index is 11.9. The summed E-state index contributed by atoms with van der Waals surface area (Å²) in [7, 11) is 2.41. The molecule has 2 unspecified atom stereocenters. The molecule has 0 saturated heterocycles. The molecular formula is C15H19NO5. The molecule has 0 aliphatic rings. The van der Waals surface area contributed by atoms with Crippen LogP contribution in [0.15, 0.2) is 24.3 Å². The number of ether oxygens (including phenoxy) is 2. The van der Waals surface area contributed by atoms with Crippen LogP contribution >= 0.6 is 0 Å². The normalized spacial score (nSPS) is 13.0. The summed E-state index contributed by atoms with van der Waals surface area (Å²) in [6, 6.07) is 6.33. The monoisotopic (exact) mass is 293 g/mol. The molecule has 6 nitrogen and oxygen atoms in total. The van der Waals surface area contributed by atoms with Crippen LogP contribution < -0.4 is 5.32 Å². The number of hydrogen-bond acceptors (Lipinski definition) is 5. The number of Topliss-reactive ketones (excluding diaryl/α,β-unsaturated/α-hetero) is 1. The van der Waals surface area contributed by atoms with E-state index in [0.717, 1.165) is 5.56 Å². The molecule has 6 heteroatoms. The van der Waals surface area contributed by atoms with Gasteiger partial charge in [0.2, 0.25) is 0 Å². The third-order valence-electron chi connectivity index (χ3n) is 3.09. The first kappa shape index (κ1) is 16.7. The van der Waals surface area contributed by atoms with Gasteiger partial charge in [-0.15, -0.1) is 0 Å². The third-order valence-corrected chi connectivity index (χ3v) is 3.09. The molecule has 0 bridgehead atoms. The lowest BCUT2D eigenvalue weighted by Gasteiger charge is -2.24.